The number of hydrogen-bond donors (Lipinski definition) is 1. The summed E-state index contributed by atoms with van der Waals surface area (Å²) >= 11 is 6.34. The van der Waals surface area contributed by atoms with E-state index < -0.39 is 0 Å². The lowest BCUT2D eigenvalue weighted by molar-refractivity contribution is 0.697. The number of benzene rings is 1. The van der Waals surface area contributed by atoms with Crippen molar-refractivity contribution in [2.45, 2.75) is 45.6 Å². The van der Waals surface area contributed by atoms with Crippen LogP contribution in [0.25, 0.3) is 0 Å². The third kappa shape index (κ3) is 4.51. The van der Waals surface area contributed by atoms with E-state index >= 15 is 0 Å². The zero-order valence-corrected chi connectivity index (χ0v) is 12.5. The molecule has 0 bridgehead atoms. The van der Waals surface area contributed by atoms with E-state index in [0.29, 0.717) is 0 Å². The summed E-state index contributed by atoms with van der Waals surface area (Å²) in [4.78, 5) is 2.26. The zero-order chi connectivity index (χ0) is 13.5. The van der Waals surface area contributed by atoms with Gasteiger partial charge in [-0.2, -0.15) is 0 Å². The van der Waals surface area contributed by atoms with Gasteiger partial charge in [-0.25, -0.2) is 0 Å². The minimum absolute atomic E-state index is 0.159. The van der Waals surface area contributed by atoms with Crippen molar-refractivity contribution in [2.24, 2.45) is 5.73 Å². The quantitative estimate of drug-likeness (QED) is 0.761. The Morgan fingerprint density at radius 1 is 1.33 bits per heavy atom. The lowest BCUT2D eigenvalue weighted by Gasteiger charge is -2.24. The van der Waals surface area contributed by atoms with E-state index in [9.17, 15) is 0 Å². The summed E-state index contributed by atoms with van der Waals surface area (Å²) in [6, 6.07) is 6.24. The summed E-state index contributed by atoms with van der Waals surface area (Å²) < 4.78 is 0. The highest BCUT2D eigenvalue weighted by molar-refractivity contribution is 6.33. The number of anilines is 1. The molecule has 0 aromatic heterocycles. The van der Waals surface area contributed by atoms with E-state index in [1.54, 1.807) is 0 Å². The number of rotatable bonds is 7. The maximum absolute atomic E-state index is 6.34. The Bertz CT molecular complexity index is 364. The third-order valence-electron chi connectivity index (χ3n) is 3.09. The van der Waals surface area contributed by atoms with E-state index in [0.717, 1.165) is 23.7 Å². The molecule has 2 N–H and O–H groups in total. The van der Waals surface area contributed by atoms with Crippen molar-refractivity contribution in [1.29, 1.82) is 0 Å². The summed E-state index contributed by atoms with van der Waals surface area (Å²) in [5.41, 5.74) is 8.30. The molecule has 0 spiro atoms. The normalized spacial score (nSPS) is 12.5. The number of halogens is 1. The van der Waals surface area contributed by atoms with Crippen molar-refractivity contribution in [3.63, 3.8) is 0 Å². The molecule has 2 nitrogen and oxygen atoms in total. The summed E-state index contributed by atoms with van der Waals surface area (Å²) in [6.45, 7) is 5.29. The first kappa shape index (κ1) is 15.3. The fourth-order valence-electron chi connectivity index (χ4n) is 2.21. The summed E-state index contributed by atoms with van der Waals surface area (Å²) in [6.07, 6.45) is 4.57. The van der Waals surface area contributed by atoms with Gasteiger partial charge in [0.15, 0.2) is 0 Å². The van der Waals surface area contributed by atoms with Crippen LogP contribution < -0.4 is 10.6 Å². The van der Waals surface area contributed by atoms with Crippen molar-refractivity contribution in [1.82, 2.24) is 0 Å². The molecular formula is C15H25ClN2. The van der Waals surface area contributed by atoms with Gasteiger partial charge < -0.3 is 10.6 Å². The SMILES string of the molecule is CCCCCN(C)c1c(Cl)cccc1CC(C)N. The van der Waals surface area contributed by atoms with Crippen molar-refractivity contribution in [2.75, 3.05) is 18.5 Å². The van der Waals surface area contributed by atoms with E-state index in [1.165, 1.54) is 24.8 Å². The summed E-state index contributed by atoms with van der Waals surface area (Å²) in [5.74, 6) is 0. The maximum Gasteiger partial charge on any atom is 0.0642 e. The second kappa shape index (κ2) is 7.65. The molecule has 1 aromatic carbocycles. The van der Waals surface area contributed by atoms with Crippen LogP contribution >= 0.6 is 11.6 Å². The molecule has 1 atom stereocenters. The fraction of sp³-hybridized carbons (Fsp3) is 0.600. The molecule has 0 radical (unpaired) electrons. The van der Waals surface area contributed by atoms with Crippen molar-refractivity contribution in [3.8, 4) is 0 Å². The van der Waals surface area contributed by atoms with Crippen LogP contribution in [0.15, 0.2) is 18.2 Å². The Morgan fingerprint density at radius 3 is 2.67 bits per heavy atom. The Kier molecular flexibility index (Phi) is 6.51. The third-order valence-corrected chi connectivity index (χ3v) is 3.40. The average molecular weight is 269 g/mol. The average Bonchev–Trinajstić information content (AvgIpc) is 2.28. The van der Waals surface area contributed by atoms with E-state index in [-0.39, 0.29) is 6.04 Å². The Morgan fingerprint density at radius 2 is 2.06 bits per heavy atom. The lowest BCUT2D eigenvalue weighted by Crippen LogP contribution is -2.23. The van der Waals surface area contributed by atoms with Crippen molar-refractivity contribution in [3.05, 3.63) is 28.8 Å². The van der Waals surface area contributed by atoms with Gasteiger partial charge >= 0.3 is 0 Å². The largest absolute Gasteiger partial charge is 0.373 e. The maximum atomic E-state index is 6.34. The molecule has 1 rings (SSSR count). The van der Waals surface area contributed by atoms with Gasteiger partial charge in [0.05, 0.1) is 10.7 Å². The highest BCUT2D eigenvalue weighted by Crippen LogP contribution is 2.30. The van der Waals surface area contributed by atoms with Crippen LogP contribution in [0.3, 0.4) is 0 Å². The van der Waals surface area contributed by atoms with Gasteiger partial charge in [-0.3, -0.25) is 0 Å². The Balaban J connectivity index is 2.83. The number of nitrogens with two attached hydrogens (primary N) is 1. The standard InChI is InChI=1S/C15H25ClN2/c1-4-5-6-10-18(3)15-13(11-12(2)17)8-7-9-14(15)16/h7-9,12H,4-6,10-11,17H2,1-3H3. The van der Waals surface area contributed by atoms with Crippen LogP contribution in [0.1, 0.15) is 38.7 Å². The van der Waals surface area contributed by atoms with Crippen molar-refractivity contribution >= 4 is 17.3 Å². The summed E-state index contributed by atoms with van der Waals surface area (Å²) in [7, 11) is 2.11. The van der Waals surface area contributed by atoms with E-state index in [4.69, 9.17) is 17.3 Å². The van der Waals surface area contributed by atoms with Crippen LogP contribution in [0.2, 0.25) is 5.02 Å². The summed E-state index contributed by atoms with van der Waals surface area (Å²) in [5, 5.41) is 0.826. The van der Waals surface area contributed by atoms with E-state index in [1.807, 2.05) is 19.1 Å². The topological polar surface area (TPSA) is 29.3 Å². The smallest absolute Gasteiger partial charge is 0.0642 e. The van der Waals surface area contributed by atoms with Gasteiger partial charge in [-0.15, -0.1) is 0 Å². The molecule has 0 aliphatic heterocycles. The predicted molar refractivity (Wildman–Crippen MR) is 81.6 cm³/mol. The molecule has 18 heavy (non-hydrogen) atoms. The Labute approximate surface area is 116 Å². The molecule has 0 amide bonds. The van der Waals surface area contributed by atoms with Crippen LogP contribution in [0, 0.1) is 0 Å². The lowest BCUT2D eigenvalue weighted by atomic mass is 10.0. The van der Waals surface area contributed by atoms with Gasteiger partial charge in [-0.1, -0.05) is 43.5 Å². The van der Waals surface area contributed by atoms with Gasteiger partial charge in [0.1, 0.15) is 0 Å². The van der Waals surface area contributed by atoms with Crippen molar-refractivity contribution < 1.29 is 0 Å². The minimum atomic E-state index is 0.159. The van der Waals surface area contributed by atoms with E-state index in [2.05, 4.69) is 24.9 Å². The molecule has 1 aromatic rings. The monoisotopic (exact) mass is 268 g/mol. The predicted octanol–water partition coefficient (Wildman–Crippen LogP) is 3.86. The molecule has 0 aliphatic rings. The first-order valence-electron chi connectivity index (χ1n) is 6.80. The van der Waals surface area contributed by atoms with Crippen LogP contribution in [0.4, 0.5) is 5.69 Å². The van der Waals surface area contributed by atoms with Gasteiger partial charge in [-0.05, 0) is 31.4 Å². The number of nitrogens with zero attached hydrogens (tertiary/aromatic N) is 1. The number of unbranched alkanes of at least 4 members (excludes halogenated alkanes) is 2. The highest BCUT2D eigenvalue weighted by atomic mass is 35.5. The highest BCUT2D eigenvalue weighted by Gasteiger charge is 2.12. The zero-order valence-electron chi connectivity index (χ0n) is 11.7. The Hall–Kier alpha value is -0.730. The number of hydrogen-bond acceptors (Lipinski definition) is 2. The second-order valence-corrected chi connectivity index (χ2v) is 5.46. The van der Waals surface area contributed by atoms with Gasteiger partial charge in [0.2, 0.25) is 0 Å². The minimum Gasteiger partial charge on any atom is -0.373 e. The first-order chi connectivity index (χ1) is 8.56. The molecule has 1 unspecified atom stereocenters. The first-order valence-corrected chi connectivity index (χ1v) is 7.18. The molecule has 0 saturated heterocycles. The van der Waals surface area contributed by atoms with Gasteiger partial charge in [0, 0.05) is 19.6 Å². The molecule has 0 saturated carbocycles. The molecule has 3 heteroatoms. The molecule has 0 aliphatic carbocycles. The van der Waals surface area contributed by atoms with Gasteiger partial charge in [0.25, 0.3) is 0 Å². The molecular weight excluding hydrogens is 244 g/mol. The second-order valence-electron chi connectivity index (χ2n) is 5.06. The number of para-hydroxylation sites is 1. The van der Waals surface area contributed by atoms with Crippen LogP contribution in [-0.4, -0.2) is 19.6 Å². The molecule has 0 heterocycles. The van der Waals surface area contributed by atoms with Crippen LogP contribution in [0.5, 0.6) is 0 Å². The molecule has 0 fully saturated rings. The fourth-order valence-corrected chi connectivity index (χ4v) is 2.55. The van der Waals surface area contributed by atoms with Crippen LogP contribution in [-0.2, 0) is 6.42 Å². The molecule has 102 valence electrons.